The largest absolute Gasteiger partial charge is 0.416 e. The summed E-state index contributed by atoms with van der Waals surface area (Å²) in [5.41, 5.74) is 2.38. The van der Waals surface area contributed by atoms with Crippen LogP contribution in [0.25, 0.3) is 10.8 Å². The lowest BCUT2D eigenvalue weighted by molar-refractivity contribution is -0.137. The smallest absolute Gasteiger partial charge is 0.377 e. The number of rotatable bonds is 1. The third-order valence-corrected chi connectivity index (χ3v) is 5.83. The number of alkyl halides is 3. The molecule has 0 saturated heterocycles. The van der Waals surface area contributed by atoms with E-state index >= 15 is 0 Å². The van der Waals surface area contributed by atoms with Crippen LogP contribution in [-0.4, -0.2) is 0 Å². The zero-order valence-corrected chi connectivity index (χ0v) is 14.5. The fourth-order valence-corrected chi connectivity index (χ4v) is 4.58. The van der Waals surface area contributed by atoms with Crippen LogP contribution in [0.3, 0.4) is 0 Å². The second kappa shape index (κ2) is 5.88. The Labute approximate surface area is 155 Å². The molecule has 0 aromatic heterocycles. The molecular formula is C23H18F3N. The Kier molecular flexibility index (Phi) is 3.58. The average Bonchev–Trinajstić information content (AvgIpc) is 3.16. The molecule has 0 bridgehead atoms. The first-order valence-corrected chi connectivity index (χ1v) is 9.14. The lowest BCUT2D eigenvalue weighted by atomic mass is 9.76. The normalized spacial score (nSPS) is 23.7. The zero-order valence-electron chi connectivity index (χ0n) is 14.5. The van der Waals surface area contributed by atoms with Gasteiger partial charge in [-0.05, 0) is 41.0 Å². The first-order chi connectivity index (χ1) is 13.0. The summed E-state index contributed by atoms with van der Waals surface area (Å²) < 4.78 is 39.7. The number of hydrogen-bond acceptors (Lipinski definition) is 1. The van der Waals surface area contributed by atoms with Crippen molar-refractivity contribution in [2.45, 2.75) is 24.6 Å². The molecule has 0 amide bonds. The fraction of sp³-hybridized carbons (Fsp3) is 0.217. The van der Waals surface area contributed by atoms with Crippen molar-refractivity contribution in [1.29, 1.82) is 0 Å². The Bertz CT molecular complexity index is 1050. The molecule has 1 nitrogen and oxygen atoms in total. The van der Waals surface area contributed by atoms with Gasteiger partial charge in [-0.2, -0.15) is 13.2 Å². The first-order valence-electron chi connectivity index (χ1n) is 9.14. The molecule has 3 atom stereocenters. The zero-order chi connectivity index (χ0) is 18.6. The van der Waals surface area contributed by atoms with Crippen LogP contribution in [0.15, 0.2) is 72.8 Å². The summed E-state index contributed by atoms with van der Waals surface area (Å²) in [6.07, 6.45) is 0.898. The number of hydrogen-bond donors (Lipinski definition) is 1. The van der Waals surface area contributed by atoms with Crippen LogP contribution in [-0.2, 0) is 6.18 Å². The Morgan fingerprint density at radius 2 is 1.78 bits per heavy atom. The molecule has 3 aromatic rings. The predicted molar refractivity (Wildman–Crippen MR) is 102 cm³/mol. The van der Waals surface area contributed by atoms with E-state index in [1.165, 1.54) is 17.7 Å². The van der Waals surface area contributed by atoms with Gasteiger partial charge in [0.25, 0.3) is 0 Å². The Balaban J connectivity index is 1.65. The molecule has 3 aromatic carbocycles. The van der Waals surface area contributed by atoms with Crippen LogP contribution in [0.5, 0.6) is 0 Å². The third kappa shape index (κ3) is 2.62. The molecule has 0 radical (unpaired) electrons. The van der Waals surface area contributed by atoms with Gasteiger partial charge in [0, 0.05) is 17.0 Å². The molecule has 27 heavy (non-hydrogen) atoms. The van der Waals surface area contributed by atoms with E-state index in [4.69, 9.17) is 0 Å². The number of fused-ring (bicyclic) bond motifs is 5. The van der Waals surface area contributed by atoms with E-state index in [2.05, 4.69) is 41.7 Å². The van der Waals surface area contributed by atoms with E-state index in [1.807, 2.05) is 12.1 Å². The van der Waals surface area contributed by atoms with E-state index in [0.717, 1.165) is 28.9 Å². The van der Waals surface area contributed by atoms with Crippen molar-refractivity contribution in [2.75, 3.05) is 5.32 Å². The number of nitrogens with one attached hydrogen (secondary N) is 1. The van der Waals surface area contributed by atoms with Crippen molar-refractivity contribution in [3.8, 4) is 0 Å². The van der Waals surface area contributed by atoms with Crippen LogP contribution in [0.2, 0.25) is 0 Å². The Morgan fingerprint density at radius 1 is 0.926 bits per heavy atom. The fourth-order valence-electron chi connectivity index (χ4n) is 4.58. The summed E-state index contributed by atoms with van der Waals surface area (Å²) in [4.78, 5) is 0. The molecule has 2 aliphatic rings. The summed E-state index contributed by atoms with van der Waals surface area (Å²) in [6, 6.07) is 18.0. The maximum absolute atomic E-state index is 13.2. The summed E-state index contributed by atoms with van der Waals surface area (Å²) in [5, 5.41) is 5.85. The van der Waals surface area contributed by atoms with Gasteiger partial charge in [0.1, 0.15) is 0 Å². The summed E-state index contributed by atoms with van der Waals surface area (Å²) in [7, 11) is 0. The monoisotopic (exact) mass is 365 g/mol. The van der Waals surface area contributed by atoms with Crippen molar-refractivity contribution in [3.63, 3.8) is 0 Å². The molecule has 0 spiro atoms. The van der Waals surface area contributed by atoms with Gasteiger partial charge < -0.3 is 5.32 Å². The van der Waals surface area contributed by atoms with Gasteiger partial charge in [-0.1, -0.05) is 60.7 Å². The molecule has 1 N–H and O–H groups in total. The Morgan fingerprint density at radius 3 is 2.63 bits per heavy atom. The minimum atomic E-state index is -4.33. The van der Waals surface area contributed by atoms with Crippen molar-refractivity contribution in [3.05, 3.63) is 89.5 Å². The molecule has 4 heteroatoms. The maximum Gasteiger partial charge on any atom is 0.416 e. The van der Waals surface area contributed by atoms with Gasteiger partial charge in [-0.25, -0.2) is 0 Å². The highest BCUT2D eigenvalue weighted by Crippen LogP contribution is 2.51. The maximum atomic E-state index is 13.2. The van der Waals surface area contributed by atoms with E-state index in [-0.39, 0.29) is 17.9 Å². The molecule has 0 saturated carbocycles. The van der Waals surface area contributed by atoms with Crippen LogP contribution in [0.4, 0.5) is 18.9 Å². The van der Waals surface area contributed by atoms with Crippen LogP contribution in [0, 0.1) is 5.92 Å². The topological polar surface area (TPSA) is 12.0 Å². The van der Waals surface area contributed by atoms with E-state index in [1.54, 1.807) is 6.07 Å². The standard InChI is InChI=1S/C23H18F3N/c24-23(25,26)16-7-3-6-15(13-16)21-19-10-4-9-18(19)20-12-11-14-5-1-2-8-17(14)22(20)27-21/h1-9,11-13,18-19,21,27H,10H2/t18-,19+,21+/m1/s1. The molecule has 1 aliphatic carbocycles. The lowest BCUT2D eigenvalue weighted by Gasteiger charge is -2.38. The minimum absolute atomic E-state index is 0.148. The van der Waals surface area contributed by atoms with E-state index in [0.29, 0.717) is 5.56 Å². The van der Waals surface area contributed by atoms with Crippen molar-refractivity contribution in [1.82, 2.24) is 0 Å². The number of halogens is 3. The molecular weight excluding hydrogens is 347 g/mol. The second-order valence-corrected chi connectivity index (χ2v) is 7.35. The average molecular weight is 365 g/mol. The second-order valence-electron chi connectivity index (χ2n) is 7.35. The minimum Gasteiger partial charge on any atom is -0.377 e. The summed E-state index contributed by atoms with van der Waals surface area (Å²) in [6.45, 7) is 0. The highest BCUT2D eigenvalue weighted by atomic mass is 19.4. The van der Waals surface area contributed by atoms with Gasteiger partial charge in [0.05, 0.1) is 11.6 Å². The summed E-state index contributed by atoms with van der Waals surface area (Å²) in [5.74, 6) is 0.451. The van der Waals surface area contributed by atoms with Crippen LogP contribution < -0.4 is 5.32 Å². The van der Waals surface area contributed by atoms with Crippen LogP contribution in [0.1, 0.15) is 35.1 Å². The molecule has 0 unspecified atom stereocenters. The predicted octanol–water partition coefficient (Wildman–Crippen LogP) is 6.69. The molecule has 0 fully saturated rings. The number of benzene rings is 3. The van der Waals surface area contributed by atoms with Crippen molar-refractivity contribution >= 4 is 16.5 Å². The Hall–Kier alpha value is -2.75. The van der Waals surface area contributed by atoms with E-state index in [9.17, 15) is 13.2 Å². The van der Waals surface area contributed by atoms with E-state index < -0.39 is 11.7 Å². The first kappa shape index (κ1) is 16.4. The summed E-state index contributed by atoms with van der Waals surface area (Å²) >= 11 is 0. The highest BCUT2D eigenvalue weighted by Gasteiger charge is 2.39. The molecule has 5 rings (SSSR count). The van der Waals surface area contributed by atoms with Gasteiger partial charge in [0.2, 0.25) is 0 Å². The highest BCUT2D eigenvalue weighted by molar-refractivity contribution is 5.96. The number of allylic oxidation sites excluding steroid dienone is 2. The molecule has 136 valence electrons. The van der Waals surface area contributed by atoms with Gasteiger partial charge in [0.15, 0.2) is 0 Å². The SMILES string of the molecule is FC(F)(F)c1cccc([C@@H]2Nc3c(ccc4ccccc34)[C@@H]3C=CC[C@@H]32)c1. The van der Waals surface area contributed by atoms with Crippen LogP contribution >= 0.6 is 0 Å². The lowest BCUT2D eigenvalue weighted by Crippen LogP contribution is -2.29. The van der Waals surface area contributed by atoms with Crippen molar-refractivity contribution in [2.24, 2.45) is 5.92 Å². The quantitative estimate of drug-likeness (QED) is 0.474. The van der Waals surface area contributed by atoms with Crippen molar-refractivity contribution < 1.29 is 13.2 Å². The van der Waals surface area contributed by atoms with Gasteiger partial charge in [-0.15, -0.1) is 0 Å². The van der Waals surface area contributed by atoms with Gasteiger partial charge in [-0.3, -0.25) is 0 Å². The van der Waals surface area contributed by atoms with Gasteiger partial charge >= 0.3 is 6.18 Å². The molecule has 1 aliphatic heterocycles. The third-order valence-electron chi connectivity index (χ3n) is 5.83. The molecule has 1 heterocycles. The number of anilines is 1.